The first kappa shape index (κ1) is 15.0. The topological polar surface area (TPSA) is 46.9 Å². The van der Waals surface area contributed by atoms with Crippen molar-refractivity contribution < 1.29 is 0 Å². The second-order valence-electron chi connectivity index (χ2n) is 4.82. The van der Waals surface area contributed by atoms with E-state index in [0.717, 1.165) is 12.1 Å². The van der Waals surface area contributed by atoms with Crippen LogP contribution >= 0.6 is 15.9 Å². The van der Waals surface area contributed by atoms with Gasteiger partial charge < -0.3 is 5.32 Å². The Morgan fingerprint density at radius 1 is 1.56 bits per heavy atom. The van der Waals surface area contributed by atoms with Gasteiger partial charge in [0.1, 0.15) is 4.47 Å². The number of hydrogen-bond acceptors (Lipinski definition) is 3. The number of allylic oxidation sites excluding steroid dienone is 1. The highest BCUT2D eigenvalue weighted by Crippen LogP contribution is 2.19. The van der Waals surface area contributed by atoms with E-state index in [4.69, 9.17) is 0 Å². The Bertz CT molecular complexity index is 468. The molecule has 1 unspecified atom stereocenters. The van der Waals surface area contributed by atoms with Gasteiger partial charge in [0.25, 0.3) is 5.56 Å². The highest BCUT2D eigenvalue weighted by molar-refractivity contribution is 9.10. The third kappa shape index (κ3) is 3.98. The van der Waals surface area contributed by atoms with Crippen molar-refractivity contribution in [2.45, 2.75) is 39.8 Å². The van der Waals surface area contributed by atoms with Crippen molar-refractivity contribution in [1.82, 2.24) is 9.78 Å². The molecule has 0 saturated carbocycles. The summed E-state index contributed by atoms with van der Waals surface area (Å²) in [6, 6.07) is 0.303. The molecule has 5 heteroatoms. The van der Waals surface area contributed by atoms with Crippen molar-refractivity contribution in [1.29, 1.82) is 0 Å². The second-order valence-corrected chi connectivity index (χ2v) is 5.62. The fraction of sp³-hybridized carbons (Fsp3) is 0.538. The van der Waals surface area contributed by atoms with Crippen LogP contribution in [-0.2, 0) is 6.54 Å². The summed E-state index contributed by atoms with van der Waals surface area (Å²) in [5.74, 6) is 0.611. The van der Waals surface area contributed by atoms with Crippen LogP contribution in [0.1, 0.15) is 27.2 Å². The lowest BCUT2D eigenvalue weighted by molar-refractivity contribution is 0.538. The van der Waals surface area contributed by atoms with E-state index >= 15 is 0 Å². The van der Waals surface area contributed by atoms with E-state index in [2.05, 4.69) is 53.7 Å². The third-order valence-corrected chi connectivity index (χ3v) is 3.28. The molecule has 0 amide bonds. The van der Waals surface area contributed by atoms with Crippen molar-refractivity contribution in [2.24, 2.45) is 5.92 Å². The van der Waals surface area contributed by atoms with Crippen molar-refractivity contribution >= 4 is 21.6 Å². The van der Waals surface area contributed by atoms with E-state index in [-0.39, 0.29) is 5.56 Å². The molecule has 0 aliphatic carbocycles. The van der Waals surface area contributed by atoms with E-state index in [0.29, 0.717) is 23.0 Å². The van der Waals surface area contributed by atoms with Gasteiger partial charge in [0.2, 0.25) is 0 Å². The average molecular weight is 314 g/mol. The van der Waals surface area contributed by atoms with Gasteiger partial charge in [-0.25, -0.2) is 4.68 Å². The molecule has 1 aromatic rings. The molecule has 0 bridgehead atoms. The monoisotopic (exact) mass is 313 g/mol. The van der Waals surface area contributed by atoms with Crippen molar-refractivity contribution in [3.8, 4) is 0 Å². The largest absolute Gasteiger partial charge is 0.380 e. The first-order valence-electron chi connectivity index (χ1n) is 6.08. The quantitative estimate of drug-likeness (QED) is 0.821. The molecule has 1 atom stereocenters. The van der Waals surface area contributed by atoms with Gasteiger partial charge in [-0.15, -0.1) is 6.58 Å². The van der Waals surface area contributed by atoms with Gasteiger partial charge >= 0.3 is 0 Å². The standard InChI is InChI=1S/C13H20BrN3O/c1-5-6-17-13(18)12(14)11(8-15-17)16-10(4)7-9(2)3/h5,8-10,16H,1,6-7H2,2-4H3. The molecule has 1 heterocycles. The van der Waals surface area contributed by atoms with Crippen LogP contribution in [0.5, 0.6) is 0 Å². The molecule has 0 aromatic carbocycles. The minimum atomic E-state index is -0.142. The van der Waals surface area contributed by atoms with Crippen molar-refractivity contribution in [2.75, 3.05) is 5.32 Å². The Morgan fingerprint density at radius 3 is 2.78 bits per heavy atom. The maximum atomic E-state index is 11.9. The Morgan fingerprint density at radius 2 is 2.22 bits per heavy atom. The maximum absolute atomic E-state index is 11.9. The number of halogens is 1. The zero-order valence-electron chi connectivity index (χ0n) is 11.1. The van der Waals surface area contributed by atoms with Gasteiger partial charge in [-0.05, 0) is 35.2 Å². The molecule has 0 aliphatic rings. The molecule has 18 heavy (non-hydrogen) atoms. The summed E-state index contributed by atoms with van der Waals surface area (Å²) in [6.45, 7) is 10.5. The van der Waals surface area contributed by atoms with Crippen LogP contribution in [0.15, 0.2) is 28.1 Å². The van der Waals surface area contributed by atoms with Gasteiger partial charge in [-0.1, -0.05) is 19.9 Å². The number of aromatic nitrogens is 2. The number of nitrogens with one attached hydrogen (secondary N) is 1. The first-order chi connectivity index (χ1) is 8.45. The smallest absolute Gasteiger partial charge is 0.283 e. The lowest BCUT2D eigenvalue weighted by Crippen LogP contribution is -2.26. The zero-order chi connectivity index (χ0) is 13.7. The Balaban J connectivity index is 2.88. The molecular weight excluding hydrogens is 294 g/mol. The van der Waals surface area contributed by atoms with Crippen LogP contribution in [0.4, 0.5) is 5.69 Å². The lowest BCUT2D eigenvalue weighted by Gasteiger charge is -2.18. The van der Waals surface area contributed by atoms with E-state index in [1.165, 1.54) is 4.68 Å². The summed E-state index contributed by atoms with van der Waals surface area (Å²) >= 11 is 3.33. The SMILES string of the molecule is C=CCn1ncc(NC(C)CC(C)C)c(Br)c1=O. The molecule has 0 saturated heterocycles. The minimum absolute atomic E-state index is 0.142. The van der Waals surface area contributed by atoms with Crippen molar-refractivity contribution in [3.05, 3.63) is 33.7 Å². The molecule has 0 aliphatic heterocycles. The van der Waals surface area contributed by atoms with Crippen LogP contribution in [0.2, 0.25) is 0 Å². The Kier molecular flexibility index (Phi) is 5.59. The molecule has 1 rings (SSSR count). The van der Waals surface area contributed by atoms with Gasteiger partial charge in [-0.3, -0.25) is 4.79 Å². The Labute approximate surface area is 116 Å². The fourth-order valence-electron chi connectivity index (χ4n) is 1.85. The highest BCUT2D eigenvalue weighted by atomic mass is 79.9. The number of anilines is 1. The van der Waals surface area contributed by atoms with E-state index < -0.39 is 0 Å². The normalized spacial score (nSPS) is 12.5. The molecule has 0 fully saturated rings. The molecule has 1 aromatic heterocycles. The Hall–Kier alpha value is -1.10. The summed E-state index contributed by atoms with van der Waals surface area (Å²) < 4.78 is 1.89. The second kappa shape index (κ2) is 6.73. The van der Waals surface area contributed by atoms with Gasteiger partial charge in [0.15, 0.2) is 0 Å². The minimum Gasteiger partial charge on any atom is -0.380 e. The third-order valence-electron chi connectivity index (χ3n) is 2.51. The average Bonchev–Trinajstić information content (AvgIpc) is 2.28. The first-order valence-corrected chi connectivity index (χ1v) is 6.88. The van der Waals surface area contributed by atoms with E-state index in [9.17, 15) is 4.79 Å². The number of hydrogen-bond donors (Lipinski definition) is 1. The van der Waals surface area contributed by atoms with Crippen LogP contribution in [0.3, 0.4) is 0 Å². The van der Waals surface area contributed by atoms with Crippen LogP contribution < -0.4 is 10.9 Å². The summed E-state index contributed by atoms with van der Waals surface area (Å²) in [6.07, 6.45) is 4.36. The number of rotatable bonds is 6. The summed E-state index contributed by atoms with van der Waals surface area (Å²) in [5.41, 5.74) is 0.602. The predicted octanol–water partition coefficient (Wildman–Crippen LogP) is 3.04. The molecule has 4 nitrogen and oxygen atoms in total. The molecular formula is C13H20BrN3O. The van der Waals surface area contributed by atoms with Gasteiger partial charge in [0, 0.05) is 6.04 Å². The summed E-state index contributed by atoms with van der Waals surface area (Å²) in [5, 5.41) is 7.40. The van der Waals surface area contributed by atoms with Gasteiger partial charge in [-0.2, -0.15) is 5.10 Å². The van der Waals surface area contributed by atoms with E-state index in [1.54, 1.807) is 12.3 Å². The van der Waals surface area contributed by atoms with Crippen LogP contribution in [0.25, 0.3) is 0 Å². The van der Waals surface area contributed by atoms with E-state index in [1.807, 2.05) is 0 Å². The number of nitrogens with zero attached hydrogens (tertiary/aromatic N) is 2. The molecule has 100 valence electrons. The lowest BCUT2D eigenvalue weighted by atomic mass is 10.1. The summed E-state index contributed by atoms with van der Waals surface area (Å²) in [4.78, 5) is 11.9. The van der Waals surface area contributed by atoms with Crippen molar-refractivity contribution in [3.63, 3.8) is 0 Å². The van der Waals surface area contributed by atoms with Gasteiger partial charge in [0.05, 0.1) is 18.4 Å². The molecule has 1 N–H and O–H groups in total. The fourth-order valence-corrected chi connectivity index (χ4v) is 2.27. The summed E-state index contributed by atoms with van der Waals surface area (Å²) in [7, 11) is 0. The zero-order valence-corrected chi connectivity index (χ0v) is 12.7. The van der Waals surface area contributed by atoms with Crippen LogP contribution in [-0.4, -0.2) is 15.8 Å². The molecule has 0 radical (unpaired) electrons. The molecule has 0 spiro atoms. The van der Waals surface area contributed by atoms with Crippen LogP contribution in [0, 0.1) is 5.92 Å². The highest BCUT2D eigenvalue weighted by Gasteiger charge is 2.11. The predicted molar refractivity (Wildman–Crippen MR) is 78.9 cm³/mol. The maximum Gasteiger partial charge on any atom is 0.283 e.